The van der Waals surface area contributed by atoms with Crippen molar-refractivity contribution in [3.05, 3.63) is 90.1 Å². The summed E-state index contributed by atoms with van der Waals surface area (Å²) in [6, 6.07) is 18.0. The van der Waals surface area contributed by atoms with Crippen LogP contribution >= 0.6 is 0 Å². The Kier molecular flexibility index (Phi) is 5.92. The van der Waals surface area contributed by atoms with E-state index in [0.717, 1.165) is 21.9 Å². The van der Waals surface area contributed by atoms with Crippen molar-refractivity contribution in [1.29, 1.82) is 0 Å². The molecule has 0 aliphatic heterocycles. The first-order chi connectivity index (χ1) is 17.4. The molecule has 0 saturated heterocycles. The Bertz CT molecular complexity index is 1630. The summed E-state index contributed by atoms with van der Waals surface area (Å²) in [6.07, 6.45) is 4.78. The smallest absolute Gasteiger partial charge is 0.326 e. The number of furan rings is 1. The number of aromatic hydroxyl groups is 2. The molecular weight excluding hydrogens is 460 g/mol. The molecule has 0 unspecified atom stereocenters. The first-order valence-electron chi connectivity index (χ1n) is 11.2. The minimum absolute atomic E-state index is 0.138. The Morgan fingerprint density at radius 2 is 1.81 bits per heavy atom. The lowest BCUT2D eigenvalue weighted by atomic mass is 10.0. The first kappa shape index (κ1) is 22.8. The molecule has 8 nitrogen and oxygen atoms in total. The maximum Gasteiger partial charge on any atom is 0.326 e. The fourth-order valence-corrected chi connectivity index (χ4v) is 4.15. The standard InChI is InChI=1S/C28H22N2O6/c31-23-10-8-17(13-24(23)32)26-14-20-16(4-3-7-25(20)36-26)9-11-27(33)30-22(28(34)35)12-18-15-29-21-6-2-1-5-19(18)21/h1-11,13-15,22,29,31-32H,12H2,(H,30,33)(H,34,35)/b11-9+/t22-/m1/s1. The molecule has 1 atom stereocenters. The largest absolute Gasteiger partial charge is 0.504 e. The Morgan fingerprint density at radius 1 is 0.972 bits per heavy atom. The van der Waals surface area contributed by atoms with Crippen LogP contribution in [0.1, 0.15) is 11.1 Å². The Morgan fingerprint density at radius 3 is 2.61 bits per heavy atom. The summed E-state index contributed by atoms with van der Waals surface area (Å²) in [5.74, 6) is -1.67. The number of nitrogens with one attached hydrogen (secondary N) is 2. The topological polar surface area (TPSA) is 136 Å². The average molecular weight is 482 g/mol. The number of aromatic amines is 1. The predicted molar refractivity (Wildman–Crippen MR) is 136 cm³/mol. The lowest BCUT2D eigenvalue weighted by Crippen LogP contribution is -2.41. The van der Waals surface area contributed by atoms with Gasteiger partial charge >= 0.3 is 5.97 Å². The van der Waals surface area contributed by atoms with Gasteiger partial charge in [-0.2, -0.15) is 0 Å². The molecular formula is C28H22N2O6. The Balaban J connectivity index is 1.34. The number of carbonyl (C=O) groups excluding carboxylic acids is 1. The van der Waals surface area contributed by atoms with E-state index in [9.17, 15) is 24.9 Å². The van der Waals surface area contributed by atoms with Gasteiger partial charge in [-0.25, -0.2) is 4.79 Å². The molecule has 0 aliphatic rings. The summed E-state index contributed by atoms with van der Waals surface area (Å²) < 4.78 is 5.88. The van der Waals surface area contributed by atoms with E-state index >= 15 is 0 Å². The van der Waals surface area contributed by atoms with Gasteiger partial charge in [0.25, 0.3) is 0 Å². The third kappa shape index (κ3) is 4.52. The van der Waals surface area contributed by atoms with E-state index in [4.69, 9.17) is 4.42 Å². The van der Waals surface area contributed by atoms with Crippen molar-refractivity contribution in [2.75, 3.05) is 0 Å². The Labute approximate surface area is 205 Å². The van der Waals surface area contributed by atoms with Gasteiger partial charge in [-0.3, -0.25) is 4.79 Å². The van der Waals surface area contributed by atoms with Gasteiger partial charge in [-0.05, 0) is 53.6 Å². The maximum atomic E-state index is 12.6. The van der Waals surface area contributed by atoms with E-state index < -0.39 is 17.9 Å². The van der Waals surface area contributed by atoms with Crippen LogP contribution in [0.25, 0.3) is 39.3 Å². The molecule has 0 saturated carbocycles. The molecule has 8 heteroatoms. The van der Waals surface area contributed by atoms with Gasteiger partial charge in [0.15, 0.2) is 11.5 Å². The van der Waals surface area contributed by atoms with E-state index in [-0.39, 0.29) is 17.9 Å². The predicted octanol–water partition coefficient (Wildman–Crippen LogP) is 4.82. The lowest BCUT2D eigenvalue weighted by molar-refractivity contribution is -0.141. The first-order valence-corrected chi connectivity index (χ1v) is 11.2. The second-order valence-corrected chi connectivity index (χ2v) is 8.37. The quantitative estimate of drug-likeness (QED) is 0.167. The van der Waals surface area contributed by atoms with Gasteiger partial charge in [0.05, 0.1) is 0 Å². The fourth-order valence-electron chi connectivity index (χ4n) is 4.15. The molecule has 3 aromatic carbocycles. The second kappa shape index (κ2) is 9.34. The number of carbonyl (C=O) groups is 2. The summed E-state index contributed by atoms with van der Waals surface area (Å²) in [4.78, 5) is 27.6. The number of aromatic nitrogens is 1. The normalized spacial score (nSPS) is 12.3. The SMILES string of the molecule is O=C(/C=C/c1cccc2oc(-c3ccc(O)c(O)c3)cc12)N[C@H](Cc1c[nH]c2ccccc12)C(=O)O. The van der Waals surface area contributed by atoms with Crippen LogP contribution in [0, 0.1) is 0 Å². The highest BCUT2D eigenvalue weighted by atomic mass is 16.4. The van der Waals surface area contributed by atoms with Crippen molar-refractivity contribution in [1.82, 2.24) is 10.3 Å². The highest BCUT2D eigenvalue weighted by molar-refractivity contribution is 5.98. The number of phenols is 2. The molecule has 0 radical (unpaired) electrons. The van der Waals surface area contributed by atoms with Crippen molar-refractivity contribution >= 4 is 39.8 Å². The lowest BCUT2D eigenvalue weighted by Gasteiger charge is -2.13. The molecule has 180 valence electrons. The van der Waals surface area contributed by atoms with Crippen molar-refractivity contribution in [3.63, 3.8) is 0 Å². The molecule has 5 rings (SSSR count). The van der Waals surface area contributed by atoms with Crippen molar-refractivity contribution < 1.29 is 29.3 Å². The number of amides is 1. The molecule has 5 aromatic rings. The van der Waals surface area contributed by atoms with E-state index in [0.29, 0.717) is 22.5 Å². The van der Waals surface area contributed by atoms with Crippen LogP contribution in [0.15, 0.2) is 83.4 Å². The van der Waals surface area contributed by atoms with Gasteiger partial charge in [0.2, 0.25) is 5.91 Å². The van der Waals surface area contributed by atoms with Crippen molar-refractivity contribution in [2.45, 2.75) is 12.5 Å². The van der Waals surface area contributed by atoms with Crippen LogP contribution in [-0.4, -0.2) is 38.2 Å². The number of carboxylic acid groups (broad SMARTS) is 1. The number of phenolic OH excluding ortho intramolecular Hbond substituents is 2. The number of aliphatic carboxylic acids is 1. The minimum atomic E-state index is -1.12. The van der Waals surface area contributed by atoms with Gasteiger partial charge in [0, 0.05) is 40.5 Å². The van der Waals surface area contributed by atoms with Crippen LogP contribution in [0.4, 0.5) is 0 Å². The molecule has 0 bridgehead atoms. The van der Waals surface area contributed by atoms with Crippen LogP contribution in [0.3, 0.4) is 0 Å². The number of rotatable bonds is 7. The molecule has 0 fully saturated rings. The van der Waals surface area contributed by atoms with E-state index in [2.05, 4.69) is 10.3 Å². The molecule has 1 amide bonds. The third-order valence-corrected chi connectivity index (χ3v) is 5.98. The number of para-hydroxylation sites is 1. The monoisotopic (exact) mass is 482 g/mol. The summed E-state index contributed by atoms with van der Waals surface area (Å²) in [5.41, 5.74) is 3.55. The van der Waals surface area contributed by atoms with E-state index in [1.807, 2.05) is 24.3 Å². The summed E-state index contributed by atoms with van der Waals surface area (Å²) in [7, 11) is 0. The number of carboxylic acids is 1. The Hall–Kier alpha value is -4.98. The number of fused-ring (bicyclic) bond motifs is 2. The summed E-state index contributed by atoms with van der Waals surface area (Å²) >= 11 is 0. The molecule has 0 spiro atoms. The highest BCUT2D eigenvalue weighted by Gasteiger charge is 2.21. The third-order valence-electron chi connectivity index (χ3n) is 5.98. The maximum absolute atomic E-state index is 12.6. The van der Waals surface area contributed by atoms with Crippen molar-refractivity contribution in [3.8, 4) is 22.8 Å². The van der Waals surface area contributed by atoms with Gasteiger partial charge in [-0.1, -0.05) is 30.3 Å². The highest BCUT2D eigenvalue weighted by Crippen LogP contribution is 2.34. The van der Waals surface area contributed by atoms with Gasteiger partial charge in [-0.15, -0.1) is 0 Å². The van der Waals surface area contributed by atoms with Crippen LogP contribution in [0.5, 0.6) is 11.5 Å². The zero-order valence-electron chi connectivity index (χ0n) is 18.9. The summed E-state index contributed by atoms with van der Waals surface area (Å²) in [5, 5.41) is 33.2. The minimum Gasteiger partial charge on any atom is -0.504 e. The zero-order chi connectivity index (χ0) is 25.2. The number of hydrogen-bond acceptors (Lipinski definition) is 5. The van der Waals surface area contributed by atoms with Crippen LogP contribution < -0.4 is 5.32 Å². The average Bonchev–Trinajstić information content (AvgIpc) is 3.49. The fraction of sp³-hybridized carbons (Fsp3) is 0.0714. The summed E-state index contributed by atoms with van der Waals surface area (Å²) in [6.45, 7) is 0. The van der Waals surface area contributed by atoms with E-state index in [1.54, 1.807) is 42.6 Å². The molecule has 36 heavy (non-hydrogen) atoms. The van der Waals surface area contributed by atoms with Crippen molar-refractivity contribution in [2.24, 2.45) is 0 Å². The molecule has 2 aromatic heterocycles. The van der Waals surface area contributed by atoms with Gasteiger partial charge < -0.3 is 30.0 Å². The molecule has 0 aliphatic carbocycles. The van der Waals surface area contributed by atoms with Gasteiger partial charge in [0.1, 0.15) is 17.4 Å². The molecule has 2 heterocycles. The molecule has 5 N–H and O–H groups in total. The van der Waals surface area contributed by atoms with Crippen LogP contribution in [0.2, 0.25) is 0 Å². The second-order valence-electron chi connectivity index (χ2n) is 8.37. The number of H-pyrrole nitrogens is 1. The number of hydrogen-bond donors (Lipinski definition) is 5. The van der Waals surface area contributed by atoms with Crippen LogP contribution in [-0.2, 0) is 16.0 Å². The zero-order valence-corrected chi connectivity index (χ0v) is 18.9. The number of benzene rings is 3. The van der Waals surface area contributed by atoms with E-state index in [1.165, 1.54) is 18.2 Å².